The van der Waals surface area contributed by atoms with E-state index < -0.39 is 0 Å². The number of carbonyl (C=O) groups excluding carboxylic acids is 1. The zero-order valence-corrected chi connectivity index (χ0v) is 9.75. The fraction of sp³-hybridized carbons (Fsp3) is 0.462. The van der Waals surface area contributed by atoms with Crippen molar-refractivity contribution in [3.05, 3.63) is 29.3 Å². The second-order valence-electron chi connectivity index (χ2n) is 4.14. The van der Waals surface area contributed by atoms with E-state index >= 15 is 0 Å². The van der Waals surface area contributed by atoms with E-state index in [2.05, 4.69) is 24.4 Å². The summed E-state index contributed by atoms with van der Waals surface area (Å²) in [6.07, 6.45) is 0.781. The van der Waals surface area contributed by atoms with Crippen molar-refractivity contribution >= 4 is 11.7 Å². The predicted molar refractivity (Wildman–Crippen MR) is 63.5 cm³/mol. The quantitative estimate of drug-likeness (QED) is 0.774. The number of nitrogens with one attached hydrogen (secondary N) is 1. The normalized spacial score (nSPS) is 18.5. The topological polar surface area (TPSA) is 38.3 Å². The molecule has 2 rings (SSSR count). The lowest BCUT2D eigenvalue weighted by Gasteiger charge is -2.26. The van der Waals surface area contributed by atoms with Crippen molar-refractivity contribution in [1.29, 1.82) is 0 Å². The van der Waals surface area contributed by atoms with Gasteiger partial charge in [-0.05, 0) is 31.4 Å². The van der Waals surface area contributed by atoms with Gasteiger partial charge in [0.2, 0.25) is 0 Å². The summed E-state index contributed by atoms with van der Waals surface area (Å²) in [6.45, 7) is 5.05. The summed E-state index contributed by atoms with van der Waals surface area (Å²) in [5, 5.41) is 3.32. The number of rotatable bonds is 2. The molecule has 1 N–H and O–H groups in total. The van der Waals surface area contributed by atoms with Gasteiger partial charge in [-0.15, -0.1) is 0 Å². The molecule has 1 heterocycles. The first-order valence-corrected chi connectivity index (χ1v) is 5.71. The number of carbonyl (C=O) groups is 1. The van der Waals surface area contributed by atoms with Crippen LogP contribution < -0.4 is 5.32 Å². The van der Waals surface area contributed by atoms with Crippen molar-refractivity contribution in [2.75, 3.05) is 18.5 Å². The summed E-state index contributed by atoms with van der Waals surface area (Å²) < 4.78 is 5.05. The van der Waals surface area contributed by atoms with Crippen LogP contribution in [0.3, 0.4) is 0 Å². The standard InChI is InChI=1S/C13H17NO2/c1-3-16-13(15)11-7-10-6-4-5-9(2)12(10)14-8-11/h4-6,11,14H,3,7-8H2,1-2H3/t11-/m0/s1. The molecule has 3 nitrogen and oxygen atoms in total. The van der Waals surface area contributed by atoms with E-state index in [0.717, 1.165) is 6.42 Å². The minimum absolute atomic E-state index is 0.0470. The van der Waals surface area contributed by atoms with Crippen LogP contribution in [0.5, 0.6) is 0 Å². The molecular weight excluding hydrogens is 202 g/mol. The van der Waals surface area contributed by atoms with Gasteiger partial charge in [0.15, 0.2) is 0 Å². The van der Waals surface area contributed by atoms with Gasteiger partial charge in [-0.3, -0.25) is 4.79 Å². The van der Waals surface area contributed by atoms with E-state index in [4.69, 9.17) is 4.74 Å². The van der Waals surface area contributed by atoms with Gasteiger partial charge < -0.3 is 10.1 Å². The van der Waals surface area contributed by atoms with Gasteiger partial charge in [-0.1, -0.05) is 18.2 Å². The maximum atomic E-state index is 11.6. The number of para-hydroxylation sites is 1. The monoisotopic (exact) mass is 219 g/mol. The molecule has 0 spiro atoms. The summed E-state index contributed by atoms with van der Waals surface area (Å²) in [5.74, 6) is -0.142. The lowest BCUT2D eigenvalue weighted by Crippen LogP contribution is -2.31. The van der Waals surface area contributed by atoms with Gasteiger partial charge >= 0.3 is 5.97 Å². The molecule has 1 atom stereocenters. The largest absolute Gasteiger partial charge is 0.466 e. The molecule has 1 aromatic carbocycles. The zero-order valence-electron chi connectivity index (χ0n) is 9.75. The van der Waals surface area contributed by atoms with Crippen LogP contribution in [0.25, 0.3) is 0 Å². The maximum Gasteiger partial charge on any atom is 0.311 e. The molecule has 0 aliphatic carbocycles. The third-order valence-electron chi connectivity index (χ3n) is 2.97. The van der Waals surface area contributed by atoms with Gasteiger partial charge in [0.25, 0.3) is 0 Å². The molecule has 3 heteroatoms. The van der Waals surface area contributed by atoms with E-state index in [9.17, 15) is 4.79 Å². The lowest BCUT2D eigenvalue weighted by molar-refractivity contribution is -0.147. The summed E-state index contributed by atoms with van der Waals surface area (Å²) in [6, 6.07) is 6.18. The first-order chi connectivity index (χ1) is 7.72. The van der Waals surface area contributed by atoms with Crippen LogP contribution in [0.2, 0.25) is 0 Å². The molecule has 0 saturated heterocycles. The van der Waals surface area contributed by atoms with Crippen LogP contribution in [-0.2, 0) is 16.0 Å². The van der Waals surface area contributed by atoms with Crippen LogP contribution in [0.1, 0.15) is 18.1 Å². The predicted octanol–water partition coefficient (Wildman–Crippen LogP) is 2.14. The smallest absolute Gasteiger partial charge is 0.311 e. The highest BCUT2D eigenvalue weighted by atomic mass is 16.5. The Morgan fingerprint density at radius 1 is 1.56 bits per heavy atom. The molecule has 0 fully saturated rings. The van der Waals surface area contributed by atoms with Gasteiger partial charge in [-0.2, -0.15) is 0 Å². The van der Waals surface area contributed by atoms with Crippen LogP contribution >= 0.6 is 0 Å². The highest BCUT2D eigenvalue weighted by molar-refractivity contribution is 5.76. The third kappa shape index (κ3) is 2.03. The molecular formula is C13H17NO2. The van der Waals surface area contributed by atoms with Gasteiger partial charge in [0.1, 0.15) is 0 Å². The second kappa shape index (κ2) is 4.56. The molecule has 1 aliphatic heterocycles. The molecule has 86 valence electrons. The number of anilines is 1. The van der Waals surface area contributed by atoms with E-state index in [-0.39, 0.29) is 11.9 Å². The minimum Gasteiger partial charge on any atom is -0.466 e. The molecule has 1 aliphatic rings. The fourth-order valence-corrected chi connectivity index (χ4v) is 2.14. The molecule has 1 aromatic rings. The Labute approximate surface area is 95.8 Å². The summed E-state index contributed by atoms with van der Waals surface area (Å²) >= 11 is 0. The Balaban J connectivity index is 2.15. The molecule has 0 amide bonds. The SMILES string of the molecule is CCOC(=O)[C@@H]1CNc2c(C)cccc2C1. The number of fused-ring (bicyclic) bond motifs is 1. The van der Waals surface area contributed by atoms with Crippen LogP contribution in [-0.4, -0.2) is 19.1 Å². The van der Waals surface area contributed by atoms with Gasteiger partial charge in [-0.25, -0.2) is 0 Å². The summed E-state index contributed by atoms with van der Waals surface area (Å²) in [5.41, 5.74) is 3.63. The number of benzene rings is 1. The Kier molecular flexibility index (Phi) is 3.13. The van der Waals surface area contributed by atoms with Crippen molar-refractivity contribution in [1.82, 2.24) is 0 Å². The third-order valence-corrected chi connectivity index (χ3v) is 2.97. The molecule has 16 heavy (non-hydrogen) atoms. The lowest BCUT2D eigenvalue weighted by atomic mass is 9.92. The molecule has 0 radical (unpaired) electrons. The summed E-state index contributed by atoms with van der Waals surface area (Å²) in [7, 11) is 0. The van der Waals surface area contributed by atoms with Gasteiger partial charge in [0, 0.05) is 12.2 Å². The Hall–Kier alpha value is -1.51. The number of aryl methyl sites for hydroxylation is 1. The van der Waals surface area contributed by atoms with Crippen molar-refractivity contribution in [2.24, 2.45) is 5.92 Å². The minimum atomic E-state index is -0.0952. The number of hydrogen-bond donors (Lipinski definition) is 1. The Morgan fingerprint density at radius 2 is 2.38 bits per heavy atom. The van der Waals surface area contributed by atoms with Crippen molar-refractivity contribution in [3.8, 4) is 0 Å². The van der Waals surface area contributed by atoms with Crippen molar-refractivity contribution < 1.29 is 9.53 Å². The van der Waals surface area contributed by atoms with Crippen LogP contribution in [0, 0.1) is 12.8 Å². The second-order valence-corrected chi connectivity index (χ2v) is 4.14. The van der Waals surface area contributed by atoms with Crippen LogP contribution in [0.4, 0.5) is 5.69 Å². The number of ether oxygens (including phenoxy) is 1. The van der Waals surface area contributed by atoms with Crippen molar-refractivity contribution in [3.63, 3.8) is 0 Å². The van der Waals surface area contributed by atoms with E-state index in [1.807, 2.05) is 13.0 Å². The van der Waals surface area contributed by atoms with Gasteiger partial charge in [0.05, 0.1) is 12.5 Å². The van der Waals surface area contributed by atoms with Crippen molar-refractivity contribution in [2.45, 2.75) is 20.3 Å². The Morgan fingerprint density at radius 3 is 3.12 bits per heavy atom. The van der Waals surface area contributed by atoms with E-state index in [0.29, 0.717) is 13.2 Å². The molecule has 0 aromatic heterocycles. The average Bonchev–Trinajstić information content (AvgIpc) is 2.29. The highest BCUT2D eigenvalue weighted by Gasteiger charge is 2.25. The first-order valence-electron chi connectivity index (χ1n) is 5.71. The van der Waals surface area contributed by atoms with E-state index in [1.54, 1.807) is 0 Å². The molecule has 0 saturated carbocycles. The molecule has 0 bridgehead atoms. The highest BCUT2D eigenvalue weighted by Crippen LogP contribution is 2.28. The molecule has 0 unspecified atom stereocenters. The number of hydrogen-bond acceptors (Lipinski definition) is 3. The first kappa shape index (κ1) is 11.0. The Bertz CT molecular complexity index is 401. The maximum absolute atomic E-state index is 11.6. The zero-order chi connectivity index (χ0) is 11.5. The summed E-state index contributed by atoms with van der Waals surface area (Å²) in [4.78, 5) is 11.6. The van der Waals surface area contributed by atoms with Crippen LogP contribution in [0.15, 0.2) is 18.2 Å². The fourth-order valence-electron chi connectivity index (χ4n) is 2.14. The van der Waals surface area contributed by atoms with E-state index in [1.165, 1.54) is 16.8 Å². The average molecular weight is 219 g/mol. The number of esters is 1.